The van der Waals surface area contributed by atoms with Gasteiger partial charge in [0.25, 0.3) is 0 Å². The van der Waals surface area contributed by atoms with E-state index < -0.39 is 12.7 Å². The molecule has 2 nitrogen and oxygen atoms in total. The molecule has 1 unspecified atom stereocenters. The van der Waals surface area contributed by atoms with E-state index in [9.17, 15) is 13.2 Å². The van der Waals surface area contributed by atoms with Crippen molar-refractivity contribution in [1.82, 2.24) is 4.90 Å². The van der Waals surface area contributed by atoms with Gasteiger partial charge in [0.05, 0.1) is 6.54 Å². The molecule has 0 aliphatic carbocycles. The fourth-order valence-electron chi connectivity index (χ4n) is 1.60. The molecule has 5 heteroatoms. The summed E-state index contributed by atoms with van der Waals surface area (Å²) in [6.45, 7) is 5.14. The summed E-state index contributed by atoms with van der Waals surface area (Å²) in [6, 6.07) is -0.0880. The van der Waals surface area contributed by atoms with Crippen LogP contribution in [0.5, 0.6) is 0 Å². The van der Waals surface area contributed by atoms with Crippen molar-refractivity contribution in [2.24, 2.45) is 5.73 Å². The Hall–Kier alpha value is -0.290. The van der Waals surface area contributed by atoms with Crippen molar-refractivity contribution in [3.8, 4) is 0 Å². The second-order valence-electron chi connectivity index (χ2n) is 4.52. The zero-order chi connectivity index (χ0) is 12.8. The summed E-state index contributed by atoms with van der Waals surface area (Å²) in [5, 5.41) is 0. The largest absolute Gasteiger partial charge is 0.401 e. The Labute approximate surface area is 96.0 Å². The monoisotopic (exact) mass is 240 g/mol. The summed E-state index contributed by atoms with van der Waals surface area (Å²) in [7, 11) is 0. The third kappa shape index (κ3) is 7.93. The van der Waals surface area contributed by atoms with E-state index in [-0.39, 0.29) is 12.1 Å². The number of alkyl halides is 3. The second kappa shape index (κ2) is 7.12. The van der Waals surface area contributed by atoms with Crippen LogP contribution in [0.3, 0.4) is 0 Å². The minimum Gasteiger partial charge on any atom is -0.328 e. The van der Waals surface area contributed by atoms with E-state index in [1.54, 1.807) is 13.8 Å². The van der Waals surface area contributed by atoms with Gasteiger partial charge < -0.3 is 5.73 Å². The van der Waals surface area contributed by atoms with Crippen molar-refractivity contribution in [2.75, 3.05) is 13.1 Å². The third-order valence-electron chi connectivity index (χ3n) is 2.56. The highest BCUT2D eigenvalue weighted by Gasteiger charge is 2.31. The molecule has 0 aromatic rings. The molecule has 0 aromatic carbocycles. The molecule has 0 bridgehead atoms. The van der Waals surface area contributed by atoms with E-state index in [4.69, 9.17) is 5.73 Å². The second-order valence-corrected chi connectivity index (χ2v) is 4.52. The summed E-state index contributed by atoms with van der Waals surface area (Å²) in [4.78, 5) is 1.43. The van der Waals surface area contributed by atoms with Gasteiger partial charge in [0.2, 0.25) is 0 Å². The number of nitrogens with two attached hydrogens (primary N) is 1. The molecule has 0 aliphatic rings. The van der Waals surface area contributed by atoms with Gasteiger partial charge in [0.1, 0.15) is 0 Å². The number of rotatable bonds is 7. The average Bonchev–Trinajstić information content (AvgIpc) is 2.10. The Morgan fingerprint density at radius 1 is 1.19 bits per heavy atom. The Morgan fingerprint density at radius 3 is 2.12 bits per heavy atom. The maximum atomic E-state index is 12.3. The van der Waals surface area contributed by atoms with Crippen LogP contribution < -0.4 is 5.73 Å². The zero-order valence-corrected chi connectivity index (χ0v) is 10.3. The topological polar surface area (TPSA) is 29.3 Å². The van der Waals surface area contributed by atoms with E-state index in [0.717, 1.165) is 12.8 Å². The maximum absolute atomic E-state index is 12.3. The smallest absolute Gasteiger partial charge is 0.328 e. The predicted molar refractivity (Wildman–Crippen MR) is 60.3 cm³/mol. The molecule has 0 rings (SSSR count). The Bertz CT molecular complexity index is 181. The van der Waals surface area contributed by atoms with Gasteiger partial charge in [0.15, 0.2) is 0 Å². The van der Waals surface area contributed by atoms with Crippen molar-refractivity contribution < 1.29 is 13.2 Å². The molecule has 0 saturated carbocycles. The van der Waals surface area contributed by atoms with Gasteiger partial charge in [-0.25, -0.2) is 0 Å². The van der Waals surface area contributed by atoms with E-state index in [2.05, 4.69) is 0 Å². The van der Waals surface area contributed by atoms with Gasteiger partial charge in [-0.3, -0.25) is 4.90 Å². The lowest BCUT2D eigenvalue weighted by Crippen LogP contribution is -2.41. The number of hydrogen-bond acceptors (Lipinski definition) is 2. The van der Waals surface area contributed by atoms with Crippen molar-refractivity contribution in [2.45, 2.75) is 58.3 Å². The van der Waals surface area contributed by atoms with Crippen LogP contribution in [0.2, 0.25) is 0 Å². The van der Waals surface area contributed by atoms with Gasteiger partial charge in [-0.2, -0.15) is 13.2 Å². The van der Waals surface area contributed by atoms with Crippen LogP contribution in [0.15, 0.2) is 0 Å². The molecule has 0 saturated heterocycles. The van der Waals surface area contributed by atoms with Gasteiger partial charge in [0, 0.05) is 18.6 Å². The highest BCUT2D eigenvalue weighted by Crippen LogP contribution is 2.18. The van der Waals surface area contributed by atoms with Crippen LogP contribution in [-0.2, 0) is 0 Å². The summed E-state index contributed by atoms with van der Waals surface area (Å²) in [5.74, 6) is 0. The zero-order valence-electron chi connectivity index (χ0n) is 10.3. The maximum Gasteiger partial charge on any atom is 0.401 e. The fourth-order valence-corrected chi connectivity index (χ4v) is 1.60. The third-order valence-corrected chi connectivity index (χ3v) is 2.56. The molecule has 0 aliphatic heterocycles. The lowest BCUT2D eigenvalue weighted by atomic mass is 10.1. The number of hydrogen-bond donors (Lipinski definition) is 1. The van der Waals surface area contributed by atoms with Crippen molar-refractivity contribution in [3.63, 3.8) is 0 Å². The van der Waals surface area contributed by atoms with Crippen LogP contribution in [0.25, 0.3) is 0 Å². The molecule has 0 aromatic heterocycles. The molecule has 0 spiro atoms. The van der Waals surface area contributed by atoms with Gasteiger partial charge in [-0.05, 0) is 26.7 Å². The fraction of sp³-hybridized carbons (Fsp3) is 1.00. The SMILES string of the molecule is CCCC(N)CCN(CC(F)(F)F)C(C)C. The first kappa shape index (κ1) is 15.7. The molecule has 2 N–H and O–H groups in total. The lowest BCUT2D eigenvalue weighted by Gasteiger charge is -2.28. The quantitative estimate of drug-likeness (QED) is 0.741. The Balaban J connectivity index is 4.04. The number of nitrogens with zero attached hydrogens (tertiary/aromatic N) is 1. The van der Waals surface area contributed by atoms with E-state index in [1.165, 1.54) is 4.90 Å². The van der Waals surface area contributed by atoms with Crippen LogP contribution in [0.4, 0.5) is 13.2 Å². The molecule has 16 heavy (non-hydrogen) atoms. The molecule has 0 fully saturated rings. The van der Waals surface area contributed by atoms with Crippen LogP contribution in [-0.4, -0.2) is 36.2 Å². The van der Waals surface area contributed by atoms with E-state index in [0.29, 0.717) is 13.0 Å². The summed E-state index contributed by atoms with van der Waals surface area (Å²) in [6.07, 6.45) is -1.65. The van der Waals surface area contributed by atoms with Crippen molar-refractivity contribution >= 4 is 0 Å². The normalized spacial score (nSPS) is 14.8. The Morgan fingerprint density at radius 2 is 1.75 bits per heavy atom. The molecule has 98 valence electrons. The number of halogens is 3. The van der Waals surface area contributed by atoms with Gasteiger partial charge in [-0.1, -0.05) is 13.3 Å². The van der Waals surface area contributed by atoms with Crippen molar-refractivity contribution in [1.29, 1.82) is 0 Å². The predicted octanol–water partition coefficient (Wildman–Crippen LogP) is 2.78. The average molecular weight is 240 g/mol. The van der Waals surface area contributed by atoms with Crippen molar-refractivity contribution in [3.05, 3.63) is 0 Å². The Kier molecular flexibility index (Phi) is 6.99. The molecule has 0 amide bonds. The molecule has 0 heterocycles. The summed E-state index contributed by atoms with van der Waals surface area (Å²) in [5.41, 5.74) is 5.79. The van der Waals surface area contributed by atoms with Crippen LogP contribution in [0.1, 0.15) is 40.0 Å². The van der Waals surface area contributed by atoms with E-state index in [1.807, 2.05) is 6.92 Å². The summed E-state index contributed by atoms with van der Waals surface area (Å²) < 4.78 is 36.8. The summed E-state index contributed by atoms with van der Waals surface area (Å²) >= 11 is 0. The molecule has 0 radical (unpaired) electrons. The van der Waals surface area contributed by atoms with Crippen LogP contribution >= 0.6 is 0 Å². The molecule has 1 atom stereocenters. The van der Waals surface area contributed by atoms with Gasteiger partial charge >= 0.3 is 6.18 Å². The molecular formula is C11H23F3N2. The first-order valence-electron chi connectivity index (χ1n) is 5.82. The highest BCUT2D eigenvalue weighted by molar-refractivity contribution is 4.70. The van der Waals surface area contributed by atoms with E-state index >= 15 is 0 Å². The molecular weight excluding hydrogens is 217 g/mol. The minimum absolute atomic E-state index is 0.0134. The lowest BCUT2D eigenvalue weighted by molar-refractivity contribution is -0.149. The standard InChI is InChI=1S/C11H23F3N2/c1-4-5-10(15)6-7-16(9(2)3)8-11(12,13)14/h9-10H,4-8,15H2,1-3H3. The van der Waals surface area contributed by atoms with Crippen LogP contribution in [0, 0.1) is 0 Å². The minimum atomic E-state index is -4.13. The van der Waals surface area contributed by atoms with Gasteiger partial charge in [-0.15, -0.1) is 0 Å². The first-order chi connectivity index (χ1) is 7.26. The first-order valence-corrected chi connectivity index (χ1v) is 5.82. The highest BCUT2D eigenvalue weighted by atomic mass is 19.4.